The van der Waals surface area contributed by atoms with Crippen molar-refractivity contribution in [1.29, 1.82) is 0 Å². The van der Waals surface area contributed by atoms with Gasteiger partial charge in [0.1, 0.15) is 11.5 Å². The summed E-state index contributed by atoms with van der Waals surface area (Å²) in [7, 11) is 1.70. The molecule has 190 valence electrons. The summed E-state index contributed by atoms with van der Waals surface area (Å²) in [6.07, 6.45) is -5.56. The van der Waals surface area contributed by atoms with Crippen molar-refractivity contribution in [3.63, 3.8) is 0 Å². The highest BCUT2D eigenvalue weighted by Gasteiger charge is 2.44. The molecule has 0 atom stereocenters. The topological polar surface area (TPSA) is 98.3 Å². The smallest absolute Gasteiger partial charge is 0.438 e. The van der Waals surface area contributed by atoms with E-state index in [9.17, 15) is 22.4 Å². The molecule has 4 rings (SSSR count). The Labute approximate surface area is 208 Å². The van der Waals surface area contributed by atoms with Crippen LogP contribution in [0.15, 0.2) is 79.1 Å². The van der Waals surface area contributed by atoms with Gasteiger partial charge < -0.3 is 20.1 Å². The molecule has 1 amide bonds. The van der Waals surface area contributed by atoms with Crippen LogP contribution in [0.2, 0.25) is 0 Å². The maximum atomic E-state index is 13.2. The molecule has 0 aliphatic carbocycles. The van der Waals surface area contributed by atoms with Gasteiger partial charge >= 0.3 is 12.5 Å². The molecule has 2 N–H and O–H groups in total. The van der Waals surface area contributed by atoms with Gasteiger partial charge in [-0.25, -0.2) is 15.0 Å². The quantitative estimate of drug-likeness (QED) is 0.271. The molecule has 0 saturated carbocycles. The minimum Gasteiger partial charge on any atom is -0.438 e. The summed E-state index contributed by atoms with van der Waals surface area (Å²) in [6, 6.07) is 16.1. The van der Waals surface area contributed by atoms with Crippen LogP contribution in [0.5, 0.6) is 17.4 Å². The van der Waals surface area contributed by atoms with E-state index in [1.807, 2.05) is 0 Å². The lowest BCUT2D eigenvalue weighted by Crippen LogP contribution is -2.33. The lowest BCUT2D eigenvalue weighted by Gasteiger charge is -2.17. The van der Waals surface area contributed by atoms with Gasteiger partial charge in [-0.05, 0) is 48.5 Å². The zero-order valence-corrected chi connectivity index (χ0v) is 19.2. The molecular formula is C25H19F4N5O3. The lowest BCUT2D eigenvalue weighted by molar-refractivity contribution is -0.253. The van der Waals surface area contributed by atoms with Gasteiger partial charge in [0.25, 0.3) is 5.91 Å². The first-order valence-electron chi connectivity index (χ1n) is 10.8. The molecule has 2 heterocycles. The number of rotatable bonds is 9. The number of nitrogens with zero attached hydrogens (tertiary/aromatic N) is 3. The number of nitrogens with one attached hydrogen (secondary N) is 2. The fourth-order valence-corrected chi connectivity index (χ4v) is 3.15. The Morgan fingerprint density at radius 2 is 1.73 bits per heavy atom. The number of halogens is 4. The molecule has 8 nitrogen and oxygen atoms in total. The maximum Gasteiger partial charge on any atom is 0.461 e. The van der Waals surface area contributed by atoms with Crippen molar-refractivity contribution in [2.75, 3.05) is 17.7 Å². The van der Waals surface area contributed by atoms with Crippen LogP contribution in [0.1, 0.15) is 10.4 Å². The van der Waals surface area contributed by atoms with E-state index in [2.05, 4.69) is 30.3 Å². The Morgan fingerprint density at radius 1 is 0.946 bits per heavy atom. The van der Waals surface area contributed by atoms with Crippen LogP contribution in [0.4, 0.5) is 29.2 Å². The number of hydrogen-bond acceptors (Lipinski definition) is 7. The number of aromatic nitrogens is 3. The Balaban J connectivity index is 1.51. The summed E-state index contributed by atoms with van der Waals surface area (Å²) in [5.41, 5.74) is 1.42. The van der Waals surface area contributed by atoms with Crippen molar-refractivity contribution >= 4 is 17.5 Å². The number of amides is 1. The summed E-state index contributed by atoms with van der Waals surface area (Å²) in [6.45, 7) is 0. The van der Waals surface area contributed by atoms with Crippen molar-refractivity contribution in [2.24, 2.45) is 0 Å². The molecule has 2 aromatic heterocycles. The molecule has 12 heteroatoms. The third-order valence-electron chi connectivity index (χ3n) is 4.84. The number of benzene rings is 2. The monoisotopic (exact) mass is 513 g/mol. The van der Waals surface area contributed by atoms with E-state index < -0.39 is 24.2 Å². The van der Waals surface area contributed by atoms with E-state index in [-0.39, 0.29) is 11.4 Å². The molecule has 0 aliphatic rings. The number of anilines is 2. The Kier molecular flexibility index (Phi) is 7.47. The normalized spacial score (nSPS) is 11.2. The van der Waals surface area contributed by atoms with Crippen LogP contribution in [0.3, 0.4) is 0 Å². The summed E-state index contributed by atoms with van der Waals surface area (Å²) in [5, 5.41) is 5.46. The Morgan fingerprint density at radius 3 is 2.51 bits per heavy atom. The molecule has 0 radical (unpaired) electrons. The number of hydrogen-bond donors (Lipinski definition) is 2. The first kappa shape index (κ1) is 25.4. The molecule has 2 aromatic carbocycles. The largest absolute Gasteiger partial charge is 0.461 e. The third-order valence-corrected chi connectivity index (χ3v) is 4.84. The minimum absolute atomic E-state index is 0.0787. The summed E-state index contributed by atoms with van der Waals surface area (Å²) in [4.78, 5) is 25.4. The van der Waals surface area contributed by atoms with Gasteiger partial charge in [0.2, 0.25) is 11.8 Å². The summed E-state index contributed by atoms with van der Waals surface area (Å²) >= 11 is 0. The number of carbonyl (C=O) groups excluding carboxylic acids is 1. The average molecular weight is 513 g/mol. The van der Waals surface area contributed by atoms with Crippen LogP contribution >= 0.6 is 0 Å². The molecule has 37 heavy (non-hydrogen) atoms. The highest BCUT2D eigenvalue weighted by molar-refractivity contribution is 6.04. The SMILES string of the molecule is CNc1nccc(-c2cccnc2Oc2cccc(NC(=O)c3cccc(OC(F)(F)C(F)F)c3)c2)n1. The van der Waals surface area contributed by atoms with E-state index in [1.165, 1.54) is 18.2 Å². The Bertz CT molecular complexity index is 1400. The average Bonchev–Trinajstić information content (AvgIpc) is 2.89. The minimum atomic E-state index is -4.69. The van der Waals surface area contributed by atoms with Crippen molar-refractivity contribution in [1.82, 2.24) is 15.0 Å². The molecule has 0 aliphatic heterocycles. The van der Waals surface area contributed by atoms with Crippen molar-refractivity contribution in [3.8, 4) is 28.6 Å². The predicted octanol–water partition coefficient (Wildman–Crippen LogP) is 5.86. The summed E-state index contributed by atoms with van der Waals surface area (Å²) in [5.74, 6) is -0.235. The van der Waals surface area contributed by atoms with E-state index in [1.54, 1.807) is 55.8 Å². The van der Waals surface area contributed by atoms with Crippen LogP contribution < -0.4 is 20.1 Å². The number of alkyl halides is 4. The van der Waals surface area contributed by atoms with Crippen molar-refractivity contribution in [2.45, 2.75) is 12.5 Å². The standard InChI is InChI=1S/C25H19F4N5O3/c1-30-24-32-12-10-20(34-24)19-9-4-11-31-22(19)36-17-7-3-6-16(14-17)33-21(35)15-5-2-8-18(13-15)37-25(28,29)23(26)27/h2-14,23H,1H3,(H,33,35)(H,30,32,34). The fourth-order valence-electron chi connectivity index (χ4n) is 3.15. The van der Waals surface area contributed by atoms with Gasteiger partial charge in [0, 0.05) is 36.8 Å². The van der Waals surface area contributed by atoms with Crippen LogP contribution in [-0.4, -0.2) is 40.4 Å². The maximum absolute atomic E-state index is 13.2. The van der Waals surface area contributed by atoms with Crippen molar-refractivity contribution < 1.29 is 31.8 Å². The highest BCUT2D eigenvalue weighted by Crippen LogP contribution is 2.32. The second kappa shape index (κ2) is 10.9. The van der Waals surface area contributed by atoms with Gasteiger partial charge in [0.15, 0.2) is 0 Å². The molecule has 0 bridgehead atoms. The molecule has 0 fully saturated rings. The molecule has 0 spiro atoms. The van der Waals surface area contributed by atoms with Gasteiger partial charge in [-0.3, -0.25) is 4.79 Å². The van der Waals surface area contributed by atoms with Crippen LogP contribution in [0, 0.1) is 0 Å². The molecule has 0 unspecified atom stereocenters. The summed E-state index contributed by atoms with van der Waals surface area (Å²) < 4.78 is 61.2. The zero-order chi connectivity index (χ0) is 26.4. The number of ether oxygens (including phenoxy) is 2. The zero-order valence-electron chi connectivity index (χ0n) is 19.2. The molecular weight excluding hydrogens is 494 g/mol. The van der Waals surface area contributed by atoms with Gasteiger partial charge in [0.05, 0.1) is 11.3 Å². The van der Waals surface area contributed by atoms with Crippen molar-refractivity contribution in [3.05, 3.63) is 84.7 Å². The Hall–Kier alpha value is -4.74. The first-order chi connectivity index (χ1) is 17.7. The second-order valence-electron chi connectivity index (χ2n) is 7.45. The third kappa shape index (κ3) is 6.28. The molecule has 0 saturated heterocycles. The van der Waals surface area contributed by atoms with Gasteiger partial charge in [-0.15, -0.1) is 0 Å². The van der Waals surface area contributed by atoms with Crippen LogP contribution in [0.25, 0.3) is 11.3 Å². The first-order valence-corrected chi connectivity index (χ1v) is 10.8. The number of carbonyl (C=O) groups is 1. The van der Waals surface area contributed by atoms with E-state index in [0.29, 0.717) is 28.6 Å². The van der Waals surface area contributed by atoms with E-state index >= 15 is 0 Å². The predicted molar refractivity (Wildman–Crippen MR) is 127 cm³/mol. The second-order valence-corrected chi connectivity index (χ2v) is 7.45. The van der Waals surface area contributed by atoms with Crippen LogP contribution in [-0.2, 0) is 0 Å². The van der Waals surface area contributed by atoms with Gasteiger partial charge in [-0.2, -0.15) is 17.6 Å². The lowest BCUT2D eigenvalue weighted by atomic mass is 10.2. The van der Waals surface area contributed by atoms with E-state index in [4.69, 9.17) is 4.74 Å². The fraction of sp³-hybridized carbons (Fsp3) is 0.120. The van der Waals surface area contributed by atoms with Gasteiger partial charge in [-0.1, -0.05) is 12.1 Å². The van der Waals surface area contributed by atoms with E-state index in [0.717, 1.165) is 12.1 Å². The molecule has 4 aromatic rings. The highest BCUT2D eigenvalue weighted by atomic mass is 19.3. The number of pyridine rings is 1.